The van der Waals surface area contributed by atoms with Crippen LogP contribution in [0.4, 0.5) is 0 Å². The lowest BCUT2D eigenvalue weighted by Gasteiger charge is -2.08. The standard InChI is InChI=1S/C18H21NO6S2/c1-25-12-14-27(23,24)17-9-7-15(8-10-17)18(20)19-11-13-26(21,22)16-5-3-2-4-6-16/h2-10H,11-14H2,1H3,(H,19,20). The summed E-state index contributed by atoms with van der Waals surface area (Å²) in [6.07, 6.45) is 0. The summed E-state index contributed by atoms with van der Waals surface area (Å²) >= 11 is 0. The van der Waals surface area contributed by atoms with E-state index in [1.54, 1.807) is 18.2 Å². The van der Waals surface area contributed by atoms with Crippen LogP contribution in [0.2, 0.25) is 0 Å². The van der Waals surface area contributed by atoms with E-state index in [1.807, 2.05) is 0 Å². The highest BCUT2D eigenvalue weighted by atomic mass is 32.2. The Bertz CT molecular complexity index is 968. The Morgan fingerprint density at radius 2 is 1.41 bits per heavy atom. The van der Waals surface area contributed by atoms with Gasteiger partial charge in [0.1, 0.15) is 0 Å². The molecule has 1 N–H and O–H groups in total. The second-order valence-electron chi connectivity index (χ2n) is 5.72. The number of amides is 1. The van der Waals surface area contributed by atoms with Crippen molar-refractivity contribution in [2.24, 2.45) is 0 Å². The molecule has 0 aliphatic rings. The average molecular weight is 412 g/mol. The summed E-state index contributed by atoms with van der Waals surface area (Å²) in [4.78, 5) is 12.4. The molecule has 2 aromatic carbocycles. The lowest BCUT2D eigenvalue weighted by Crippen LogP contribution is -2.29. The first-order valence-electron chi connectivity index (χ1n) is 8.14. The molecular weight excluding hydrogens is 390 g/mol. The van der Waals surface area contributed by atoms with Gasteiger partial charge in [0.15, 0.2) is 19.7 Å². The van der Waals surface area contributed by atoms with Crippen molar-refractivity contribution in [3.05, 3.63) is 60.2 Å². The Kier molecular flexibility index (Phi) is 7.11. The van der Waals surface area contributed by atoms with E-state index in [0.29, 0.717) is 0 Å². The Labute approximate surface area is 159 Å². The topological polar surface area (TPSA) is 107 Å². The van der Waals surface area contributed by atoms with Crippen LogP contribution in [0, 0.1) is 0 Å². The third-order valence-electron chi connectivity index (χ3n) is 3.79. The molecule has 0 aliphatic heterocycles. The van der Waals surface area contributed by atoms with Gasteiger partial charge in [0.25, 0.3) is 5.91 Å². The molecule has 0 heterocycles. The van der Waals surface area contributed by atoms with Crippen LogP contribution in [0.25, 0.3) is 0 Å². The number of benzene rings is 2. The summed E-state index contributed by atoms with van der Waals surface area (Å²) in [5, 5.41) is 2.53. The summed E-state index contributed by atoms with van der Waals surface area (Å²) in [5.41, 5.74) is 0.248. The zero-order valence-electron chi connectivity index (χ0n) is 14.8. The van der Waals surface area contributed by atoms with Crippen molar-refractivity contribution >= 4 is 25.6 Å². The number of ether oxygens (including phenoxy) is 1. The van der Waals surface area contributed by atoms with Crippen LogP contribution in [-0.4, -0.2) is 54.5 Å². The van der Waals surface area contributed by atoms with Crippen LogP contribution in [0.3, 0.4) is 0 Å². The van der Waals surface area contributed by atoms with Crippen LogP contribution in [-0.2, 0) is 24.4 Å². The molecule has 0 unspecified atom stereocenters. The summed E-state index contributed by atoms with van der Waals surface area (Å²) in [5.74, 6) is -0.849. The Hall–Kier alpha value is -2.23. The van der Waals surface area contributed by atoms with Gasteiger partial charge in [0.2, 0.25) is 0 Å². The van der Waals surface area contributed by atoms with E-state index in [4.69, 9.17) is 4.74 Å². The van der Waals surface area contributed by atoms with Crippen molar-refractivity contribution in [2.75, 3.05) is 31.8 Å². The zero-order chi connectivity index (χ0) is 19.9. The summed E-state index contributed by atoms with van der Waals surface area (Å²) in [6.45, 7) is 0.0322. The molecular formula is C18H21NO6S2. The number of sulfone groups is 2. The fourth-order valence-electron chi connectivity index (χ4n) is 2.27. The van der Waals surface area contributed by atoms with E-state index in [2.05, 4.69) is 5.32 Å². The quantitative estimate of drug-likeness (QED) is 0.667. The molecule has 0 saturated carbocycles. The van der Waals surface area contributed by atoms with Crippen LogP contribution < -0.4 is 5.32 Å². The van der Waals surface area contributed by atoms with Gasteiger partial charge in [-0.05, 0) is 36.4 Å². The molecule has 0 radical (unpaired) electrons. The number of hydrogen-bond acceptors (Lipinski definition) is 6. The monoisotopic (exact) mass is 411 g/mol. The fraction of sp³-hybridized carbons (Fsp3) is 0.278. The Balaban J connectivity index is 1.95. The van der Waals surface area contributed by atoms with E-state index in [9.17, 15) is 21.6 Å². The number of carbonyl (C=O) groups is 1. The molecule has 0 spiro atoms. The van der Waals surface area contributed by atoms with Crippen molar-refractivity contribution < 1.29 is 26.4 Å². The molecule has 0 aliphatic carbocycles. The van der Waals surface area contributed by atoms with E-state index < -0.39 is 25.6 Å². The molecule has 1 amide bonds. The molecule has 2 aromatic rings. The molecule has 2 rings (SSSR count). The summed E-state index contributed by atoms with van der Waals surface area (Å²) in [7, 11) is -5.53. The molecule has 27 heavy (non-hydrogen) atoms. The van der Waals surface area contributed by atoms with Crippen molar-refractivity contribution in [1.82, 2.24) is 5.32 Å². The zero-order valence-corrected chi connectivity index (χ0v) is 16.4. The van der Waals surface area contributed by atoms with E-state index in [-0.39, 0.29) is 40.0 Å². The predicted octanol–water partition coefficient (Wildman–Crippen LogP) is 1.31. The fourth-order valence-corrected chi connectivity index (χ4v) is 4.62. The Morgan fingerprint density at radius 1 is 0.852 bits per heavy atom. The highest BCUT2D eigenvalue weighted by Gasteiger charge is 2.16. The SMILES string of the molecule is COCCS(=O)(=O)c1ccc(C(=O)NCCS(=O)(=O)c2ccccc2)cc1. The predicted molar refractivity (Wildman–Crippen MR) is 101 cm³/mol. The van der Waals surface area contributed by atoms with Gasteiger partial charge in [0, 0.05) is 19.2 Å². The highest BCUT2D eigenvalue weighted by molar-refractivity contribution is 7.91. The first kappa shape index (κ1) is 21.1. The van der Waals surface area contributed by atoms with Gasteiger partial charge in [0.05, 0.1) is 27.9 Å². The molecule has 9 heteroatoms. The third kappa shape index (κ3) is 5.88. The van der Waals surface area contributed by atoms with Crippen molar-refractivity contribution in [3.63, 3.8) is 0 Å². The average Bonchev–Trinajstić information content (AvgIpc) is 2.67. The number of hydrogen-bond donors (Lipinski definition) is 1. The normalized spacial score (nSPS) is 11.9. The minimum atomic E-state index is -3.48. The second kappa shape index (κ2) is 9.12. The van der Waals surface area contributed by atoms with Crippen molar-refractivity contribution in [1.29, 1.82) is 0 Å². The largest absolute Gasteiger partial charge is 0.384 e. The van der Waals surface area contributed by atoms with Gasteiger partial charge in [-0.15, -0.1) is 0 Å². The lowest BCUT2D eigenvalue weighted by atomic mass is 10.2. The minimum absolute atomic E-state index is 0.0516. The van der Waals surface area contributed by atoms with Gasteiger partial charge in [-0.3, -0.25) is 4.79 Å². The maximum atomic E-state index is 12.2. The maximum Gasteiger partial charge on any atom is 0.251 e. The smallest absolute Gasteiger partial charge is 0.251 e. The van der Waals surface area contributed by atoms with Gasteiger partial charge >= 0.3 is 0 Å². The van der Waals surface area contributed by atoms with E-state index in [0.717, 1.165) is 0 Å². The molecule has 0 aromatic heterocycles. The summed E-state index contributed by atoms with van der Waals surface area (Å²) < 4.78 is 53.2. The maximum absolute atomic E-state index is 12.2. The number of carbonyl (C=O) groups excluding carboxylic acids is 1. The van der Waals surface area contributed by atoms with Gasteiger partial charge in [-0.25, -0.2) is 16.8 Å². The van der Waals surface area contributed by atoms with Crippen LogP contribution in [0.5, 0.6) is 0 Å². The molecule has 0 saturated heterocycles. The summed E-state index contributed by atoms with van der Waals surface area (Å²) in [6, 6.07) is 13.5. The van der Waals surface area contributed by atoms with Crippen molar-refractivity contribution in [2.45, 2.75) is 9.79 Å². The molecule has 0 fully saturated rings. The highest BCUT2D eigenvalue weighted by Crippen LogP contribution is 2.13. The first-order valence-corrected chi connectivity index (χ1v) is 11.4. The van der Waals surface area contributed by atoms with Gasteiger partial charge in [-0.2, -0.15) is 0 Å². The molecule has 7 nitrogen and oxygen atoms in total. The number of methoxy groups -OCH3 is 1. The second-order valence-corrected chi connectivity index (χ2v) is 9.94. The van der Waals surface area contributed by atoms with Gasteiger partial charge < -0.3 is 10.1 Å². The van der Waals surface area contributed by atoms with Crippen LogP contribution >= 0.6 is 0 Å². The van der Waals surface area contributed by atoms with E-state index >= 15 is 0 Å². The number of rotatable bonds is 9. The van der Waals surface area contributed by atoms with Gasteiger partial charge in [-0.1, -0.05) is 18.2 Å². The van der Waals surface area contributed by atoms with Crippen LogP contribution in [0.15, 0.2) is 64.4 Å². The molecule has 0 atom stereocenters. The molecule has 0 bridgehead atoms. The van der Waals surface area contributed by atoms with E-state index in [1.165, 1.54) is 43.5 Å². The van der Waals surface area contributed by atoms with Crippen LogP contribution in [0.1, 0.15) is 10.4 Å². The third-order valence-corrected chi connectivity index (χ3v) is 7.22. The minimum Gasteiger partial charge on any atom is -0.384 e. The first-order chi connectivity index (χ1) is 12.8. The number of nitrogens with one attached hydrogen (secondary N) is 1. The lowest BCUT2D eigenvalue weighted by molar-refractivity contribution is 0.0956. The Morgan fingerprint density at radius 3 is 2.00 bits per heavy atom. The molecule has 146 valence electrons. The van der Waals surface area contributed by atoms with Crippen molar-refractivity contribution in [3.8, 4) is 0 Å².